The number of piperidine rings is 1. The monoisotopic (exact) mass is 342 g/mol. The van der Waals surface area contributed by atoms with E-state index in [4.69, 9.17) is 16.3 Å². The Morgan fingerprint density at radius 3 is 2.65 bits per heavy atom. The van der Waals surface area contributed by atoms with Gasteiger partial charge in [-0.2, -0.15) is 4.98 Å². The Bertz CT molecular complexity index is 442. The molecule has 1 saturated heterocycles. The number of hydrogen-bond acceptors (Lipinski definition) is 6. The van der Waals surface area contributed by atoms with Gasteiger partial charge in [0.1, 0.15) is 5.82 Å². The van der Waals surface area contributed by atoms with Crippen molar-refractivity contribution in [1.29, 1.82) is 0 Å². The van der Waals surface area contributed by atoms with E-state index in [1.54, 1.807) is 6.07 Å². The molecular formula is C11H17Cl3N4O2. The largest absolute Gasteiger partial charge is 0.407 e. The molecule has 2 N–H and O–H groups in total. The van der Waals surface area contributed by atoms with Crippen LogP contribution in [-0.2, 0) is 4.79 Å². The standard InChI is InChI=1S/C11H15ClN4O2.2ClH/c1-7(17)18-10-6-9(15-11(12)16-10)14-8-2-4-13-5-3-8;;/h6,8,13H,2-5H2,1H3,(H,14,15,16);2*1H. The molecule has 1 aliphatic rings. The number of aromatic nitrogens is 2. The molecule has 114 valence electrons. The minimum atomic E-state index is -0.433. The SMILES string of the molecule is CC(=O)Oc1cc(NC2CCNCC2)nc(Cl)n1.Cl.Cl. The first-order valence-electron chi connectivity index (χ1n) is 5.84. The van der Waals surface area contributed by atoms with Gasteiger partial charge in [0.25, 0.3) is 0 Å². The van der Waals surface area contributed by atoms with Gasteiger partial charge in [0.15, 0.2) is 0 Å². The number of nitrogens with one attached hydrogen (secondary N) is 2. The van der Waals surface area contributed by atoms with Gasteiger partial charge in [-0.1, -0.05) is 0 Å². The first-order chi connectivity index (χ1) is 8.63. The second-order valence-electron chi connectivity index (χ2n) is 4.12. The van der Waals surface area contributed by atoms with Gasteiger partial charge in [0.05, 0.1) is 0 Å². The minimum Gasteiger partial charge on any atom is -0.407 e. The topological polar surface area (TPSA) is 76.1 Å². The third-order valence-corrected chi connectivity index (χ3v) is 2.78. The second kappa shape index (κ2) is 9.18. The Labute approximate surface area is 134 Å². The van der Waals surface area contributed by atoms with E-state index in [2.05, 4.69) is 20.6 Å². The first-order valence-corrected chi connectivity index (χ1v) is 6.21. The molecule has 20 heavy (non-hydrogen) atoms. The first kappa shape index (κ1) is 19.2. The Hall–Kier alpha value is -0.820. The zero-order valence-corrected chi connectivity index (χ0v) is 13.3. The third kappa shape index (κ3) is 6.09. The molecule has 9 heteroatoms. The van der Waals surface area contributed by atoms with Gasteiger partial charge < -0.3 is 15.4 Å². The van der Waals surface area contributed by atoms with Gasteiger partial charge in [-0.25, -0.2) is 4.98 Å². The van der Waals surface area contributed by atoms with Gasteiger partial charge in [-0.15, -0.1) is 24.8 Å². The molecule has 0 aromatic carbocycles. The molecule has 0 saturated carbocycles. The molecule has 2 heterocycles. The van der Waals surface area contributed by atoms with Crippen LogP contribution in [0.25, 0.3) is 0 Å². The van der Waals surface area contributed by atoms with E-state index >= 15 is 0 Å². The fourth-order valence-corrected chi connectivity index (χ4v) is 2.02. The van der Waals surface area contributed by atoms with Crippen molar-refractivity contribution in [1.82, 2.24) is 15.3 Å². The van der Waals surface area contributed by atoms with Gasteiger partial charge in [0, 0.05) is 19.0 Å². The van der Waals surface area contributed by atoms with Gasteiger partial charge in [0.2, 0.25) is 11.2 Å². The summed E-state index contributed by atoms with van der Waals surface area (Å²) in [6.07, 6.45) is 2.04. The molecule has 1 fully saturated rings. The van der Waals surface area contributed by atoms with Crippen LogP contribution in [0.5, 0.6) is 5.88 Å². The molecule has 1 aromatic rings. The lowest BCUT2D eigenvalue weighted by atomic mass is 10.1. The Balaban J connectivity index is 0.00000180. The summed E-state index contributed by atoms with van der Waals surface area (Å²) in [5, 5.41) is 6.61. The summed E-state index contributed by atoms with van der Waals surface area (Å²) in [6.45, 7) is 3.27. The fraction of sp³-hybridized carbons (Fsp3) is 0.545. The lowest BCUT2D eigenvalue weighted by Gasteiger charge is -2.24. The van der Waals surface area contributed by atoms with Crippen LogP contribution < -0.4 is 15.4 Å². The molecule has 0 spiro atoms. The molecule has 1 aromatic heterocycles. The van der Waals surface area contributed by atoms with Crippen molar-refractivity contribution >= 4 is 48.2 Å². The number of carbonyl (C=O) groups excluding carboxylic acids is 1. The average molecular weight is 344 g/mol. The Kier molecular flexibility index (Phi) is 8.80. The van der Waals surface area contributed by atoms with Crippen LogP contribution in [0.3, 0.4) is 0 Å². The minimum absolute atomic E-state index is 0. The van der Waals surface area contributed by atoms with E-state index in [-0.39, 0.29) is 36.0 Å². The van der Waals surface area contributed by atoms with Crippen LogP contribution in [-0.4, -0.2) is 35.1 Å². The lowest BCUT2D eigenvalue weighted by Crippen LogP contribution is -2.35. The molecule has 2 rings (SSSR count). The number of nitrogens with zero attached hydrogens (tertiary/aromatic N) is 2. The zero-order chi connectivity index (χ0) is 13.0. The highest BCUT2D eigenvalue weighted by molar-refractivity contribution is 6.28. The van der Waals surface area contributed by atoms with E-state index in [0.29, 0.717) is 11.9 Å². The Morgan fingerprint density at radius 2 is 2.05 bits per heavy atom. The van der Waals surface area contributed by atoms with E-state index in [1.807, 2.05) is 0 Å². The number of halogens is 3. The summed E-state index contributed by atoms with van der Waals surface area (Å²) in [5.41, 5.74) is 0. The number of carbonyl (C=O) groups is 1. The van der Waals surface area contributed by atoms with Crippen molar-refractivity contribution < 1.29 is 9.53 Å². The maximum Gasteiger partial charge on any atom is 0.309 e. The molecule has 0 aliphatic carbocycles. The van der Waals surface area contributed by atoms with Crippen molar-refractivity contribution in [3.05, 3.63) is 11.3 Å². The third-order valence-electron chi connectivity index (χ3n) is 2.61. The number of anilines is 1. The summed E-state index contributed by atoms with van der Waals surface area (Å²) < 4.78 is 4.90. The van der Waals surface area contributed by atoms with Crippen molar-refractivity contribution in [2.75, 3.05) is 18.4 Å². The Morgan fingerprint density at radius 1 is 1.40 bits per heavy atom. The average Bonchev–Trinajstić information content (AvgIpc) is 2.28. The highest BCUT2D eigenvalue weighted by atomic mass is 35.5. The predicted octanol–water partition coefficient (Wildman–Crippen LogP) is 2.06. The van der Waals surface area contributed by atoms with E-state index in [1.165, 1.54) is 6.92 Å². The number of esters is 1. The van der Waals surface area contributed by atoms with Crippen LogP contribution in [0.15, 0.2) is 6.07 Å². The lowest BCUT2D eigenvalue weighted by molar-refractivity contribution is -0.132. The molecule has 6 nitrogen and oxygen atoms in total. The molecule has 0 bridgehead atoms. The summed E-state index contributed by atoms with van der Waals surface area (Å²) in [7, 11) is 0. The zero-order valence-electron chi connectivity index (χ0n) is 10.9. The van der Waals surface area contributed by atoms with Gasteiger partial charge in [-0.3, -0.25) is 4.79 Å². The van der Waals surface area contributed by atoms with Crippen molar-refractivity contribution in [2.45, 2.75) is 25.8 Å². The summed E-state index contributed by atoms with van der Waals surface area (Å²) in [4.78, 5) is 18.8. The summed E-state index contributed by atoms with van der Waals surface area (Å²) >= 11 is 5.79. The van der Waals surface area contributed by atoms with Crippen LogP contribution in [0.4, 0.5) is 5.82 Å². The number of ether oxygens (including phenoxy) is 1. The number of hydrogen-bond donors (Lipinski definition) is 2. The smallest absolute Gasteiger partial charge is 0.309 e. The number of rotatable bonds is 3. The molecule has 0 amide bonds. The highest BCUT2D eigenvalue weighted by Gasteiger charge is 2.14. The van der Waals surface area contributed by atoms with Crippen LogP contribution in [0, 0.1) is 0 Å². The van der Waals surface area contributed by atoms with Crippen LogP contribution in [0.1, 0.15) is 19.8 Å². The quantitative estimate of drug-likeness (QED) is 0.646. The van der Waals surface area contributed by atoms with Crippen molar-refractivity contribution in [3.8, 4) is 5.88 Å². The highest BCUT2D eigenvalue weighted by Crippen LogP contribution is 2.18. The van der Waals surface area contributed by atoms with Gasteiger partial charge in [-0.05, 0) is 37.5 Å². The molecule has 0 unspecified atom stereocenters. The van der Waals surface area contributed by atoms with E-state index < -0.39 is 5.97 Å². The van der Waals surface area contributed by atoms with Crippen molar-refractivity contribution in [2.24, 2.45) is 0 Å². The molecule has 0 atom stereocenters. The normalized spacial score (nSPS) is 14.7. The van der Waals surface area contributed by atoms with E-state index in [9.17, 15) is 4.79 Å². The van der Waals surface area contributed by atoms with E-state index in [0.717, 1.165) is 25.9 Å². The van der Waals surface area contributed by atoms with Crippen LogP contribution >= 0.6 is 36.4 Å². The fourth-order valence-electron chi connectivity index (χ4n) is 1.85. The summed E-state index contributed by atoms with van der Waals surface area (Å²) in [6, 6.07) is 1.93. The van der Waals surface area contributed by atoms with Gasteiger partial charge >= 0.3 is 5.97 Å². The van der Waals surface area contributed by atoms with Crippen LogP contribution in [0.2, 0.25) is 5.28 Å². The maximum absolute atomic E-state index is 10.9. The molecule has 1 aliphatic heterocycles. The maximum atomic E-state index is 10.9. The van der Waals surface area contributed by atoms with Crippen molar-refractivity contribution in [3.63, 3.8) is 0 Å². The second-order valence-corrected chi connectivity index (χ2v) is 4.46. The summed E-state index contributed by atoms with van der Waals surface area (Å²) in [5.74, 6) is 0.315. The molecule has 0 radical (unpaired) electrons. The predicted molar refractivity (Wildman–Crippen MR) is 82.4 cm³/mol. The molecular weight excluding hydrogens is 327 g/mol.